The highest BCUT2D eigenvalue weighted by molar-refractivity contribution is 5.77. The summed E-state index contributed by atoms with van der Waals surface area (Å²) in [6.45, 7) is 3.88. The number of rotatable bonds is 4. The zero-order chi connectivity index (χ0) is 14.0. The zero-order valence-electron chi connectivity index (χ0n) is 11.6. The van der Waals surface area contributed by atoms with Gasteiger partial charge in [0.15, 0.2) is 6.29 Å². The first-order valence-corrected chi connectivity index (χ1v) is 5.98. The van der Waals surface area contributed by atoms with Crippen LogP contribution >= 0.6 is 0 Å². The number of aromatic nitrogens is 1. The molecule has 19 heavy (non-hydrogen) atoms. The molecule has 1 aromatic heterocycles. The van der Waals surface area contributed by atoms with Crippen molar-refractivity contribution in [1.29, 1.82) is 0 Å². The van der Waals surface area contributed by atoms with Crippen LogP contribution in [0.3, 0.4) is 0 Å². The van der Waals surface area contributed by atoms with E-state index in [-0.39, 0.29) is 0 Å². The number of aldehydes is 1. The lowest BCUT2D eigenvalue weighted by atomic mass is 10.2. The number of carbonyl (C=O) groups is 1. The lowest BCUT2D eigenvalue weighted by molar-refractivity contribution is 0.112. The number of ether oxygens (including phenoxy) is 2. The zero-order valence-corrected chi connectivity index (χ0v) is 11.6. The van der Waals surface area contributed by atoms with Crippen LogP contribution in [0.5, 0.6) is 11.5 Å². The molecular formula is C15H17NO3. The van der Waals surface area contributed by atoms with Gasteiger partial charge in [0, 0.05) is 35.2 Å². The fourth-order valence-electron chi connectivity index (χ4n) is 2.23. The van der Waals surface area contributed by atoms with Crippen LogP contribution in [0.15, 0.2) is 24.3 Å². The molecule has 0 fully saturated rings. The summed E-state index contributed by atoms with van der Waals surface area (Å²) in [6, 6.07) is 7.51. The molecule has 2 rings (SSSR count). The third-order valence-electron chi connectivity index (χ3n) is 3.19. The Morgan fingerprint density at radius 2 is 1.58 bits per heavy atom. The molecule has 0 saturated heterocycles. The molecule has 0 aliphatic heterocycles. The Morgan fingerprint density at radius 1 is 1.00 bits per heavy atom. The normalized spacial score (nSPS) is 10.3. The summed E-state index contributed by atoms with van der Waals surface area (Å²) in [4.78, 5) is 11.0. The highest BCUT2D eigenvalue weighted by atomic mass is 16.5. The number of nitrogens with zero attached hydrogens (tertiary/aromatic N) is 1. The van der Waals surface area contributed by atoms with Crippen molar-refractivity contribution < 1.29 is 14.3 Å². The van der Waals surface area contributed by atoms with Gasteiger partial charge in [-0.2, -0.15) is 0 Å². The van der Waals surface area contributed by atoms with E-state index in [2.05, 4.69) is 0 Å². The fraction of sp³-hybridized carbons (Fsp3) is 0.267. The lowest BCUT2D eigenvalue weighted by Crippen LogP contribution is -2.01. The summed E-state index contributed by atoms with van der Waals surface area (Å²) in [5.41, 5.74) is 3.51. The summed E-state index contributed by atoms with van der Waals surface area (Å²) in [5, 5.41) is 0. The van der Waals surface area contributed by atoms with Gasteiger partial charge in [0.25, 0.3) is 0 Å². The Kier molecular flexibility index (Phi) is 3.60. The molecule has 2 aromatic rings. The van der Waals surface area contributed by atoms with Gasteiger partial charge >= 0.3 is 0 Å². The van der Waals surface area contributed by atoms with Crippen LogP contribution in [0.2, 0.25) is 0 Å². The van der Waals surface area contributed by atoms with Gasteiger partial charge in [-0.25, -0.2) is 0 Å². The Labute approximate surface area is 112 Å². The third kappa shape index (κ3) is 2.34. The fourth-order valence-corrected chi connectivity index (χ4v) is 2.23. The van der Waals surface area contributed by atoms with Crippen molar-refractivity contribution in [1.82, 2.24) is 4.57 Å². The second kappa shape index (κ2) is 5.18. The maximum Gasteiger partial charge on any atom is 0.151 e. The first-order valence-electron chi connectivity index (χ1n) is 5.98. The monoisotopic (exact) mass is 259 g/mol. The Bertz CT molecular complexity index is 592. The molecule has 4 nitrogen and oxygen atoms in total. The van der Waals surface area contributed by atoms with Crippen molar-refractivity contribution in [3.8, 4) is 17.2 Å². The molecule has 0 radical (unpaired) electrons. The highest BCUT2D eigenvalue weighted by Crippen LogP contribution is 2.28. The van der Waals surface area contributed by atoms with E-state index in [4.69, 9.17) is 9.47 Å². The number of methoxy groups -OCH3 is 2. The maximum absolute atomic E-state index is 11.0. The van der Waals surface area contributed by atoms with Crippen molar-refractivity contribution in [2.24, 2.45) is 0 Å². The number of aryl methyl sites for hydroxylation is 1. The summed E-state index contributed by atoms with van der Waals surface area (Å²) in [6.07, 6.45) is 0.871. The van der Waals surface area contributed by atoms with Gasteiger partial charge in [-0.3, -0.25) is 4.79 Å². The van der Waals surface area contributed by atoms with Crippen LogP contribution in [-0.4, -0.2) is 25.1 Å². The van der Waals surface area contributed by atoms with Gasteiger partial charge in [-0.15, -0.1) is 0 Å². The van der Waals surface area contributed by atoms with E-state index < -0.39 is 0 Å². The van der Waals surface area contributed by atoms with Crippen molar-refractivity contribution in [3.63, 3.8) is 0 Å². The smallest absolute Gasteiger partial charge is 0.151 e. The first-order chi connectivity index (χ1) is 9.10. The van der Waals surface area contributed by atoms with Gasteiger partial charge < -0.3 is 14.0 Å². The van der Waals surface area contributed by atoms with E-state index in [0.29, 0.717) is 5.56 Å². The molecule has 100 valence electrons. The second-order valence-corrected chi connectivity index (χ2v) is 4.35. The molecule has 0 unspecified atom stereocenters. The molecule has 0 saturated carbocycles. The minimum absolute atomic E-state index is 0.694. The predicted octanol–water partition coefficient (Wildman–Crippen LogP) is 2.92. The third-order valence-corrected chi connectivity index (χ3v) is 3.19. The molecule has 0 aliphatic carbocycles. The van der Waals surface area contributed by atoms with Crippen LogP contribution in [0, 0.1) is 13.8 Å². The standard InChI is InChI=1S/C15H17NO3/c1-10-5-12(9-17)11(2)16(10)13-6-14(18-3)8-15(7-13)19-4/h5-9H,1-4H3. The minimum atomic E-state index is 0.694. The Balaban J connectivity index is 2.64. The average Bonchev–Trinajstić information content (AvgIpc) is 2.72. The molecule has 0 spiro atoms. The highest BCUT2D eigenvalue weighted by Gasteiger charge is 2.12. The molecule has 4 heteroatoms. The molecule has 0 amide bonds. The van der Waals surface area contributed by atoms with E-state index in [1.165, 1.54) is 0 Å². The van der Waals surface area contributed by atoms with E-state index in [9.17, 15) is 4.79 Å². The average molecular weight is 259 g/mol. The summed E-state index contributed by atoms with van der Waals surface area (Å²) >= 11 is 0. The Hall–Kier alpha value is -2.23. The van der Waals surface area contributed by atoms with Crippen LogP contribution in [-0.2, 0) is 0 Å². The molecule has 0 atom stereocenters. The molecule has 0 aliphatic rings. The van der Waals surface area contributed by atoms with E-state index in [0.717, 1.165) is 34.9 Å². The van der Waals surface area contributed by atoms with Gasteiger partial charge in [0.1, 0.15) is 11.5 Å². The number of hydrogen-bond acceptors (Lipinski definition) is 3. The number of carbonyl (C=O) groups excluding carboxylic acids is 1. The summed E-state index contributed by atoms with van der Waals surface area (Å²) < 4.78 is 12.5. The number of benzene rings is 1. The van der Waals surface area contributed by atoms with Crippen LogP contribution in [0.25, 0.3) is 5.69 Å². The predicted molar refractivity (Wildman–Crippen MR) is 73.7 cm³/mol. The Morgan fingerprint density at radius 3 is 2.00 bits per heavy atom. The molecular weight excluding hydrogens is 242 g/mol. The molecule has 1 aromatic carbocycles. The van der Waals surface area contributed by atoms with Gasteiger partial charge in [0.2, 0.25) is 0 Å². The van der Waals surface area contributed by atoms with E-state index in [1.807, 2.05) is 42.7 Å². The van der Waals surface area contributed by atoms with Crippen LogP contribution in [0.4, 0.5) is 0 Å². The van der Waals surface area contributed by atoms with Crippen molar-refractivity contribution >= 4 is 6.29 Å². The molecule has 1 heterocycles. The lowest BCUT2D eigenvalue weighted by Gasteiger charge is -2.13. The van der Waals surface area contributed by atoms with Gasteiger partial charge in [-0.1, -0.05) is 0 Å². The van der Waals surface area contributed by atoms with Crippen molar-refractivity contribution in [2.45, 2.75) is 13.8 Å². The topological polar surface area (TPSA) is 40.5 Å². The maximum atomic E-state index is 11.0. The quantitative estimate of drug-likeness (QED) is 0.793. The largest absolute Gasteiger partial charge is 0.497 e. The minimum Gasteiger partial charge on any atom is -0.497 e. The van der Waals surface area contributed by atoms with Crippen LogP contribution in [0.1, 0.15) is 21.7 Å². The molecule has 0 bridgehead atoms. The summed E-state index contributed by atoms with van der Waals surface area (Å²) in [7, 11) is 3.23. The van der Waals surface area contributed by atoms with E-state index >= 15 is 0 Å². The van der Waals surface area contributed by atoms with Gasteiger partial charge in [0.05, 0.1) is 19.9 Å². The van der Waals surface area contributed by atoms with E-state index in [1.54, 1.807) is 14.2 Å². The van der Waals surface area contributed by atoms with Crippen molar-refractivity contribution in [3.05, 3.63) is 41.2 Å². The molecule has 0 N–H and O–H groups in total. The summed E-state index contributed by atoms with van der Waals surface area (Å²) in [5.74, 6) is 1.43. The SMILES string of the molecule is COc1cc(OC)cc(-n2c(C)cc(C=O)c2C)c1. The van der Waals surface area contributed by atoms with Crippen molar-refractivity contribution in [2.75, 3.05) is 14.2 Å². The first kappa shape index (κ1) is 13.2. The number of hydrogen-bond donors (Lipinski definition) is 0. The second-order valence-electron chi connectivity index (χ2n) is 4.35. The van der Waals surface area contributed by atoms with Gasteiger partial charge in [-0.05, 0) is 19.9 Å². The van der Waals surface area contributed by atoms with Crippen LogP contribution < -0.4 is 9.47 Å².